The van der Waals surface area contributed by atoms with Crippen LogP contribution in [-0.4, -0.2) is 24.5 Å². The lowest BCUT2D eigenvalue weighted by atomic mass is 10.1. The predicted octanol–water partition coefficient (Wildman–Crippen LogP) is -0.246. The standard InChI is InChI=1S/C9H20N4O/c1-8(2)3-4-13(11)6-9(10)5-12-7-14/h6-8H,3-5,10-11H2,1-2H3,(H,12,14)/b9-6-. The van der Waals surface area contributed by atoms with E-state index >= 15 is 0 Å². The smallest absolute Gasteiger partial charge is 0.207 e. The van der Waals surface area contributed by atoms with E-state index in [0.717, 1.165) is 13.0 Å². The zero-order chi connectivity index (χ0) is 11.0. The number of hydrogen-bond donors (Lipinski definition) is 3. The van der Waals surface area contributed by atoms with Crippen LogP contribution in [-0.2, 0) is 4.79 Å². The van der Waals surface area contributed by atoms with Crippen LogP contribution in [0.25, 0.3) is 0 Å². The van der Waals surface area contributed by atoms with Crippen molar-refractivity contribution in [3.8, 4) is 0 Å². The first-order chi connectivity index (χ1) is 6.56. The summed E-state index contributed by atoms with van der Waals surface area (Å²) in [5.74, 6) is 6.27. The highest BCUT2D eigenvalue weighted by molar-refractivity contribution is 5.46. The Morgan fingerprint density at radius 3 is 2.71 bits per heavy atom. The van der Waals surface area contributed by atoms with Gasteiger partial charge in [0.2, 0.25) is 6.41 Å². The largest absolute Gasteiger partial charge is 0.399 e. The molecule has 14 heavy (non-hydrogen) atoms. The highest BCUT2D eigenvalue weighted by atomic mass is 16.1. The molecule has 5 heteroatoms. The van der Waals surface area contributed by atoms with Crippen molar-refractivity contribution < 1.29 is 4.79 Å². The van der Waals surface area contributed by atoms with Gasteiger partial charge in [0.15, 0.2) is 0 Å². The summed E-state index contributed by atoms with van der Waals surface area (Å²) in [5.41, 5.74) is 6.13. The van der Waals surface area contributed by atoms with Crippen LogP contribution in [0.15, 0.2) is 11.9 Å². The molecule has 1 amide bonds. The summed E-state index contributed by atoms with van der Waals surface area (Å²) < 4.78 is 0. The van der Waals surface area contributed by atoms with Crippen LogP contribution in [0.4, 0.5) is 0 Å². The lowest BCUT2D eigenvalue weighted by Gasteiger charge is -2.16. The van der Waals surface area contributed by atoms with Gasteiger partial charge in [-0.1, -0.05) is 13.8 Å². The average molecular weight is 200 g/mol. The third-order valence-electron chi connectivity index (χ3n) is 1.69. The molecule has 0 fully saturated rings. The van der Waals surface area contributed by atoms with E-state index in [0.29, 0.717) is 24.6 Å². The van der Waals surface area contributed by atoms with E-state index in [1.807, 2.05) is 0 Å². The molecule has 5 N–H and O–H groups in total. The Kier molecular flexibility index (Phi) is 6.57. The fourth-order valence-corrected chi connectivity index (χ4v) is 0.890. The third-order valence-corrected chi connectivity index (χ3v) is 1.69. The minimum absolute atomic E-state index is 0.332. The van der Waals surface area contributed by atoms with Gasteiger partial charge in [0.1, 0.15) is 0 Å². The predicted molar refractivity (Wildman–Crippen MR) is 56.7 cm³/mol. The zero-order valence-corrected chi connectivity index (χ0v) is 8.86. The molecule has 0 saturated heterocycles. The van der Waals surface area contributed by atoms with E-state index < -0.39 is 0 Å². The third kappa shape index (κ3) is 7.42. The maximum absolute atomic E-state index is 9.97. The fourth-order valence-electron chi connectivity index (χ4n) is 0.890. The van der Waals surface area contributed by atoms with Gasteiger partial charge in [-0.2, -0.15) is 0 Å². The number of hydrogen-bond acceptors (Lipinski definition) is 4. The van der Waals surface area contributed by atoms with Gasteiger partial charge in [-0.15, -0.1) is 0 Å². The minimum atomic E-state index is 0.332. The molecule has 0 unspecified atom stereocenters. The van der Waals surface area contributed by atoms with E-state index in [9.17, 15) is 4.79 Å². The van der Waals surface area contributed by atoms with Crippen LogP contribution < -0.4 is 16.9 Å². The maximum Gasteiger partial charge on any atom is 0.207 e. The van der Waals surface area contributed by atoms with Gasteiger partial charge in [-0.05, 0) is 12.3 Å². The van der Waals surface area contributed by atoms with Crippen molar-refractivity contribution in [3.63, 3.8) is 0 Å². The fraction of sp³-hybridized carbons (Fsp3) is 0.667. The summed E-state index contributed by atoms with van der Waals surface area (Å²) in [4.78, 5) is 9.97. The SMILES string of the molecule is CC(C)CCN(N)/C=C(\N)CNC=O. The normalized spacial score (nSPS) is 11.6. The van der Waals surface area contributed by atoms with Crippen LogP contribution in [0.1, 0.15) is 20.3 Å². The second kappa shape index (κ2) is 7.20. The van der Waals surface area contributed by atoms with Crippen LogP contribution in [0, 0.1) is 5.92 Å². The first-order valence-corrected chi connectivity index (χ1v) is 4.70. The van der Waals surface area contributed by atoms with E-state index in [-0.39, 0.29) is 0 Å². The van der Waals surface area contributed by atoms with Gasteiger partial charge in [-0.3, -0.25) is 4.79 Å². The van der Waals surface area contributed by atoms with E-state index in [2.05, 4.69) is 19.2 Å². The van der Waals surface area contributed by atoms with Gasteiger partial charge in [0.05, 0.1) is 6.54 Å². The lowest BCUT2D eigenvalue weighted by molar-refractivity contribution is -0.109. The van der Waals surface area contributed by atoms with Crippen molar-refractivity contribution in [1.82, 2.24) is 10.3 Å². The Bertz CT molecular complexity index is 191. The second-order valence-corrected chi connectivity index (χ2v) is 3.62. The summed E-state index contributed by atoms with van der Waals surface area (Å²) in [6.07, 6.45) is 3.26. The van der Waals surface area contributed by atoms with Crippen molar-refractivity contribution in [1.29, 1.82) is 0 Å². The molecule has 5 nitrogen and oxygen atoms in total. The molecule has 0 radical (unpaired) electrons. The highest BCUT2D eigenvalue weighted by Crippen LogP contribution is 1.99. The monoisotopic (exact) mass is 200 g/mol. The Hall–Kier alpha value is -1.23. The molecule has 0 saturated carbocycles. The van der Waals surface area contributed by atoms with Gasteiger partial charge < -0.3 is 16.1 Å². The van der Waals surface area contributed by atoms with E-state index in [4.69, 9.17) is 11.6 Å². The summed E-state index contributed by atoms with van der Waals surface area (Å²) in [5, 5.41) is 4.01. The van der Waals surface area contributed by atoms with Crippen molar-refractivity contribution in [2.24, 2.45) is 17.5 Å². The van der Waals surface area contributed by atoms with Gasteiger partial charge in [0, 0.05) is 18.4 Å². The van der Waals surface area contributed by atoms with Gasteiger partial charge in [-0.25, -0.2) is 5.84 Å². The molecule has 0 aliphatic carbocycles. The molecular formula is C9H20N4O. The summed E-state index contributed by atoms with van der Waals surface area (Å²) in [6, 6.07) is 0. The molecule has 0 bridgehead atoms. The topological polar surface area (TPSA) is 84.4 Å². The number of nitrogens with zero attached hydrogens (tertiary/aromatic N) is 1. The van der Waals surface area contributed by atoms with Gasteiger partial charge >= 0.3 is 0 Å². The van der Waals surface area contributed by atoms with Crippen molar-refractivity contribution in [2.45, 2.75) is 20.3 Å². The molecule has 0 aromatic heterocycles. The minimum Gasteiger partial charge on any atom is -0.399 e. The van der Waals surface area contributed by atoms with Crippen LogP contribution in [0.5, 0.6) is 0 Å². The molecule has 0 spiro atoms. The average Bonchev–Trinajstić information content (AvgIpc) is 2.11. The highest BCUT2D eigenvalue weighted by Gasteiger charge is 1.98. The number of amides is 1. The van der Waals surface area contributed by atoms with Gasteiger partial charge in [0.25, 0.3) is 0 Å². The first kappa shape index (κ1) is 12.8. The molecular weight excluding hydrogens is 180 g/mol. The Morgan fingerprint density at radius 2 is 2.21 bits per heavy atom. The Labute approximate surface area is 85.1 Å². The molecule has 0 heterocycles. The van der Waals surface area contributed by atoms with Crippen LogP contribution in [0.2, 0.25) is 0 Å². The van der Waals surface area contributed by atoms with E-state index in [1.54, 1.807) is 11.2 Å². The number of carbonyl (C=O) groups excluding carboxylic acids is 1. The maximum atomic E-state index is 9.97. The molecule has 0 atom stereocenters. The Morgan fingerprint density at radius 1 is 1.57 bits per heavy atom. The molecule has 0 aromatic carbocycles. The molecule has 0 aliphatic heterocycles. The quantitative estimate of drug-likeness (QED) is 0.301. The number of nitrogens with one attached hydrogen (secondary N) is 1. The summed E-state index contributed by atoms with van der Waals surface area (Å²) >= 11 is 0. The molecule has 82 valence electrons. The summed E-state index contributed by atoms with van der Waals surface area (Å²) in [6.45, 7) is 5.36. The van der Waals surface area contributed by atoms with Crippen molar-refractivity contribution >= 4 is 6.41 Å². The number of rotatable bonds is 7. The molecule has 0 rings (SSSR count). The zero-order valence-electron chi connectivity index (χ0n) is 8.86. The molecule has 0 aliphatic rings. The second-order valence-electron chi connectivity index (χ2n) is 3.62. The Balaban J connectivity index is 3.76. The molecule has 0 aromatic rings. The van der Waals surface area contributed by atoms with Crippen molar-refractivity contribution in [3.05, 3.63) is 11.9 Å². The number of hydrazine groups is 1. The first-order valence-electron chi connectivity index (χ1n) is 4.70. The van der Waals surface area contributed by atoms with Crippen molar-refractivity contribution in [2.75, 3.05) is 13.1 Å². The van der Waals surface area contributed by atoms with Crippen LogP contribution in [0.3, 0.4) is 0 Å². The van der Waals surface area contributed by atoms with E-state index in [1.165, 1.54) is 0 Å². The number of carbonyl (C=O) groups is 1. The van der Waals surface area contributed by atoms with Crippen LogP contribution >= 0.6 is 0 Å². The lowest BCUT2D eigenvalue weighted by Crippen LogP contribution is -2.30. The summed E-state index contributed by atoms with van der Waals surface area (Å²) in [7, 11) is 0. The number of nitrogens with two attached hydrogens (primary N) is 2.